The van der Waals surface area contributed by atoms with Gasteiger partial charge in [-0.05, 0) is 17.5 Å². The molecule has 150 valence electrons. The third kappa shape index (κ3) is 4.90. The monoisotopic (exact) mass is 393 g/mol. The Kier molecular flexibility index (Phi) is 5.71. The molecule has 1 aromatic carbocycles. The maximum atomic E-state index is 13.0. The lowest BCUT2D eigenvalue weighted by Gasteiger charge is -2.16. The molecule has 0 spiro atoms. The van der Waals surface area contributed by atoms with Crippen LogP contribution in [0.2, 0.25) is 0 Å². The fraction of sp³-hybridized carbons (Fsp3) is 0.421. The van der Waals surface area contributed by atoms with Crippen molar-refractivity contribution in [2.24, 2.45) is 0 Å². The second-order valence-electron chi connectivity index (χ2n) is 6.92. The number of likely N-dealkylation sites (tertiary alicyclic amines) is 1. The predicted octanol–water partition coefficient (Wildman–Crippen LogP) is 3.30. The quantitative estimate of drug-likeness (QED) is 0.816. The summed E-state index contributed by atoms with van der Waals surface area (Å²) in [5, 5.41) is 2.85. The van der Waals surface area contributed by atoms with E-state index in [1.165, 1.54) is 4.90 Å². The van der Waals surface area contributed by atoms with Crippen LogP contribution in [-0.2, 0) is 24.1 Å². The van der Waals surface area contributed by atoms with Crippen molar-refractivity contribution >= 4 is 17.7 Å². The molecule has 0 radical (unpaired) electrons. The number of benzene rings is 1. The lowest BCUT2D eigenvalue weighted by atomic mass is 10.1. The molecule has 0 bridgehead atoms. The summed E-state index contributed by atoms with van der Waals surface area (Å²) in [6, 6.07) is 8.51. The number of carbonyl (C=O) groups is 1. The van der Waals surface area contributed by atoms with Gasteiger partial charge in [0.1, 0.15) is 5.82 Å². The lowest BCUT2D eigenvalue weighted by molar-refractivity contribution is -0.141. The molecule has 1 saturated heterocycles. The minimum absolute atomic E-state index is 0.0785. The van der Waals surface area contributed by atoms with Gasteiger partial charge in [0.2, 0.25) is 11.9 Å². The fourth-order valence-electron chi connectivity index (χ4n) is 2.92. The van der Waals surface area contributed by atoms with E-state index in [9.17, 15) is 18.0 Å². The Morgan fingerprint density at radius 2 is 1.82 bits per heavy atom. The first-order valence-electron chi connectivity index (χ1n) is 8.95. The van der Waals surface area contributed by atoms with Crippen LogP contribution < -0.4 is 10.2 Å². The van der Waals surface area contributed by atoms with Gasteiger partial charge in [-0.2, -0.15) is 18.2 Å². The van der Waals surface area contributed by atoms with Crippen LogP contribution in [0, 0.1) is 0 Å². The Morgan fingerprint density at radius 1 is 1.14 bits per heavy atom. The van der Waals surface area contributed by atoms with E-state index in [0.717, 1.165) is 30.2 Å². The van der Waals surface area contributed by atoms with E-state index in [-0.39, 0.29) is 24.2 Å². The van der Waals surface area contributed by atoms with Crippen LogP contribution in [0.4, 0.5) is 24.9 Å². The van der Waals surface area contributed by atoms with Crippen molar-refractivity contribution in [2.75, 3.05) is 30.9 Å². The summed E-state index contributed by atoms with van der Waals surface area (Å²) in [5.74, 6) is 0.268. The van der Waals surface area contributed by atoms with Gasteiger partial charge in [-0.15, -0.1) is 0 Å². The van der Waals surface area contributed by atoms with E-state index in [1.54, 1.807) is 14.1 Å². The van der Waals surface area contributed by atoms with Crippen molar-refractivity contribution in [2.45, 2.75) is 32.1 Å². The van der Waals surface area contributed by atoms with Crippen LogP contribution >= 0.6 is 0 Å². The topological polar surface area (TPSA) is 61.4 Å². The van der Waals surface area contributed by atoms with Crippen molar-refractivity contribution in [1.29, 1.82) is 0 Å². The number of alkyl halides is 3. The van der Waals surface area contributed by atoms with Gasteiger partial charge in [0.05, 0.1) is 0 Å². The fourth-order valence-corrected chi connectivity index (χ4v) is 2.92. The van der Waals surface area contributed by atoms with Gasteiger partial charge in [-0.3, -0.25) is 4.79 Å². The van der Waals surface area contributed by atoms with Gasteiger partial charge in [0.25, 0.3) is 0 Å². The summed E-state index contributed by atoms with van der Waals surface area (Å²) in [7, 11) is 3.24. The van der Waals surface area contributed by atoms with Gasteiger partial charge in [0, 0.05) is 46.2 Å². The number of hydrogen-bond donors (Lipinski definition) is 1. The number of nitrogens with zero attached hydrogens (tertiary/aromatic N) is 4. The first-order valence-corrected chi connectivity index (χ1v) is 8.95. The number of halogens is 3. The molecule has 0 saturated carbocycles. The highest BCUT2D eigenvalue weighted by Crippen LogP contribution is 2.30. The highest BCUT2D eigenvalue weighted by Gasteiger charge is 2.34. The van der Waals surface area contributed by atoms with Gasteiger partial charge < -0.3 is 15.1 Å². The average molecular weight is 393 g/mol. The maximum Gasteiger partial charge on any atom is 0.433 e. The number of amides is 1. The first-order chi connectivity index (χ1) is 13.2. The summed E-state index contributed by atoms with van der Waals surface area (Å²) in [6.45, 7) is 1.65. The minimum Gasteiger partial charge on any atom is -0.363 e. The van der Waals surface area contributed by atoms with Gasteiger partial charge in [-0.25, -0.2) is 4.98 Å². The van der Waals surface area contributed by atoms with E-state index < -0.39 is 11.9 Å². The van der Waals surface area contributed by atoms with E-state index in [0.29, 0.717) is 13.0 Å². The predicted molar refractivity (Wildman–Crippen MR) is 99.8 cm³/mol. The molecule has 2 heterocycles. The van der Waals surface area contributed by atoms with Crippen LogP contribution in [0.3, 0.4) is 0 Å². The summed E-state index contributed by atoms with van der Waals surface area (Å²) < 4.78 is 39.1. The zero-order valence-electron chi connectivity index (χ0n) is 15.8. The van der Waals surface area contributed by atoms with E-state index >= 15 is 0 Å². The molecule has 1 fully saturated rings. The summed E-state index contributed by atoms with van der Waals surface area (Å²) in [4.78, 5) is 22.7. The van der Waals surface area contributed by atoms with E-state index in [2.05, 4.69) is 15.3 Å². The molecule has 3 rings (SSSR count). The van der Waals surface area contributed by atoms with E-state index in [1.807, 2.05) is 29.2 Å². The van der Waals surface area contributed by atoms with E-state index in [4.69, 9.17) is 0 Å². The molecule has 1 aliphatic rings. The van der Waals surface area contributed by atoms with Crippen molar-refractivity contribution in [3.63, 3.8) is 0 Å². The second-order valence-corrected chi connectivity index (χ2v) is 6.92. The molecular formula is C19H22F3N5O. The Balaban J connectivity index is 1.66. The van der Waals surface area contributed by atoms with Crippen LogP contribution in [0.15, 0.2) is 30.3 Å². The number of rotatable bonds is 6. The molecule has 28 heavy (non-hydrogen) atoms. The number of aromatic nitrogens is 2. The SMILES string of the molecule is CN(C)c1cc(C(F)(F)F)nc(NCc2ccc(CN3CCCC3=O)cc2)n1. The third-order valence-electron chi connectivity index (χ3n) is 4.48. The Bertz CT molecular complexity index is 836. The smallest absolute Gasteiger partial charge is 0.363 e. The molecular weight excluding hydrogens is 371 g/mol. The zero-order valence-corrected chi connectivity index (χ0v) is 15.8. The van der Waals surface area contributed by atoms with Crippen LogP contribution in [0.25, 0.3) is 0 Å². The standard InChI is InChI=1S/C19H22F3N5O/c1-26(2)16-10-15(19(20,21)22)24-18(25-16)23-11-13-5-7-14(8-6-13)12-27-9-3-4-17(27)28/h5-8,10H,3-4,9,11-12H2,1-2H3,(H,23,24,25). The highest BCUT2D eigenvalue weighted by atomic mass is 19.4. The highest BCUT2D eigenvalue weighted by molar-refractivity contribution is 5.78. The lowest BCUT2D eigenvalue weighted by Crippen LogP contribution is -2.23. The number of nitrogens with one attached hydrogen (secondary N) is 1. The van der Waals surface area contributed by atoms with Gasteiger partial charge in [0.15, 0.2) is 5.69 Å². The van der Waals surface area contributed by atoms with Crippen molar-refractivity contribution in [3.8, 4) is 0 Å². The molecule has 6 nitrogen and oxygen atoms in total. The minimum atomic E-state index is -4.54. The molecule has 0 aliphatic carbocycles. The Hall–Kier alpha value is -2.84. The molecule has 9 heteroatoms. The molecule has 1 N–H and O–H groups in total. The summed E-state index contributed by atoms with van der Waals surface area (Å²) in [5.41, 5.74) is 0.910. The van der Waals surface area contributed by atoms with Crippen LogP contribution in [-0.4, -0.2) is 41.4 Å². The molecule has 1 aliphatic heterocycles. The van der Waals surface area contributed by atoms with Crippen molar-refractivity contribution in [1.82, 2.24) is 14.9 Å². The number of hydrogen-bond acceptors (Lipinski definition) is 5. The third-order valence-corrected chi connectivity index (χ3v) is 4.48. The van der Waals surface area contributed by atoms with Crippen molar-refractivity contribution in [3.05, 3.63) is 47.2 Å². The normalized spacial score (nSPS) is 14.5. The Labute approximate surface area is 161 Å². The number of anilines is 2. The second kappa shape index (κ2) is 8.04. The van der Waals surface area contributed by atoms with Gasteiger partial charge in [-0.1, -0.05) is 24.3 Å². The number of carbonyl (C=O) groups excluding carboxylic acids is 1. The van der Waals surface area contributed by atoms with Crippen LogP contribution in [0.5, 0.6) is 0 Å². The summed E-state index contributed by atoms with van der Waals surface area (Å²) >= 11 is 0. The molecule has 1 amide bonds. The zero-order chi connectivity index (χ0) is 20.3. The van der Waals surface area contributed by atoms with Crippen molar-refractivity contribution < 1.29 is 18.0 Å². The largest absolute Gasteiger partial charge is 0.433 e. The van der Waals surface area contributed by atoms with Gasteiger partial charge >= 0.3 is 6.18 Å². The maximum absolute atomic E-state index is 13.0. The van der Waals surface area contributed by atoms with Crippen LogP contribution in [0.1, 0.15) is 29.7 Å². The average Bonchev–Trinajstić information content (AvgIpc) is 3.05. The summed E-state index contributed by atoms with van der Waals surface area (Å²) in [6.07, 6.45) is -3.04. The molecule has 1 aromatic heterocycles. The molecule has 2 aromatic rings. The molecule has 0 atom stereocenters. The Morgan fingerprint density at radius 3 is 2.39 bits per heavy atom. The first kappa shape index (κ1) is 19.9. The molecule has 0 unspecified atom stereocenters.